The predicted octanol–water partition coefficient (Wildman–Crippen LogP) is 2.81. The number of rotatable bonds is 7. The molecule has 0 aliphatic rings. The lowest BCUT2D eigenvalue weighted by molar-refractivity contribution is -0.117. The first-order valence-corrected chi connectivity index (χ1v) is 9.78. The van der Waals surface area contributed by atoms with Crippen LogP contribution < -0.4 is 9.54 Å². The molecule has 0 fully saturated rings. The van der Waals surface area contributed by atoms with E-state index in [0.717, 1.165) is 15.8 Å². The summed E-state index contributed by atoms with van der Waals surface area (Å²) in [7, 11) is 4.55. The Hall–Kier alpha value is -2.97. The summed E-state index contributed by atoms with van der Waals surface area (Å²) in [4.78, 5) is 29.3. The number of carbonyl (C=O) groups is 2. The molecule has 0 spiro atoms. The minimum absolute atomic E-state index is 0.170. The van der Waals surface area contributed by atoms with E-state index in [4.69, 9.17) is 14.2 Å². The number of fused-ring (bicyclic) bond motifs is 1. The van der Waals surface area contributed by atoms with Gasteiger partial charge in [0.2, 0.25) is 0 Å². The van der Waals surface area contributed by atoms with E-state index in [0.29, 0.717) is 29.3 Å². The second-order valence-electron chi connectivity index (χ2n) is 6.24. The monoisotopic (exact) mass is 414 g/mol. The fraction of sp³-hybridized carbons (Fsp3) is 0.286. The molecule has 2 aromatic carbocycles. The fourth-order valence-electron chi connectivity index (χ4n) is 2.91. The van der Waals surface area contributed by atoms with Gasteiger partial charge >= 0.3 is 5.97 Å². The van der Waals surface area contributed by atoms with Crippen molar-refractivity contribution in [2.45, 2.75) is 13.0 Å². The number of nitrogens with zero attached hydrogens (tertiary/aromatic N) is 2. The molecule has 0 aliphatic carbocycles. The third kappa shape index (κ3) is 4.90. The standard InChI is InChI=1S/C21H22N2O5S/c1-26-10-9-23-17-8-7-15(20(25)28-3)13-18(17)29-21(23)22-19(24)12-14-5-4-6-16(11-14)27-2/h4-8,11,13H,9-10,12H2,1-3H3. The number of methoxy groups -OCH3 is 3. The highest BCUT2D eigenvalue weighted by atomic mass is 32.1. The van der Waals surface area contributed by atoms with E-state index in [1.54, 1.807) is 26.4 Å². The van der Waals surface area contributed by atoms with Gasteiger partial charge in [-0.2, -0.15) is 4.99 Å². The van der Waals surface area contributed by atoms with Crippen LogP contribution in [0.3, 0.4) is 0 Å². The topological polar surface area (TPSA) is 79.1 Å². The molecule has 1 aromatic heterocycles. The molecule has 1 amide bonds. The first-order valence-electron chi connectivity index (χ1n) is 8.97. The van der Waals surface area contributed by atoms with Gasteiger partial charge in [-0.3, -0.25) is 4.79 Å². The van der Waals surface area contributed by atoms with Crippen molar-refractivity contribution in [1.82, 2.24) is 4.57 Å². The van der Waals surface area contributed by atoms with E-state index in [1.807, 2.05) is 34.9 Å². The summed E-state index contributed by atoms with van der Waals surface area (Å²) in [6.45, 7) is 1.02. The Bertz CT molecular complexity index is 1100. The first kappa shape index (κ1) is 20.8. The number of aromatic nitrogens is 1. The summed E-state index contributed by atoms with van der Waals surface area (Å²) in [5, 5.41) is 0. The summed E-state index contributed by atoms with van der Waals surface area (Å²) in [6.07, 6.45) is 0.170. The van der Waals surface area contributed by atoms with Crippen LogP contribution in [0.25, 0.3) is 10.2 Å². The molecule has 29 heavy (non-hydrogen) atoms. The van der Waals surface area contributed by atoms with Crippen LogP contribution in [-0.4, -0.2) is 44.4 Å². The largest absolute Gasteiger partial charge is 0.497 e. The highest BCUT2D eigenvalue weighted by molar-refractivity contribution is 7.16. The Kier molecular flexibility index (Phi) is 6.79. The number of benzene rings is 2. The summed E-state index contributed by atoms with van der Waals surface area (Å²) in [6, 6.07) is 12.6. The summed E-state index contributed by atoms with van der Waals surface area (Å²) in [5.74, 6) is 0.0307. The fourth-order valence-corrected chi connectivity index (χ4v) is 4.02. The van der Waals surface area contributed by atoms with Gasteiger partial charge in [-0.15, -0.1) is 0 Å². The first-order chi connectivity index (χ1) is 14.0. The molecule has 3 rings (SSSR count). The number of esters is 1. The zero-order valence-corrected chi connectivity index (χ0v) is 17.3. The number of hydrogen-bond acceptors (Lipinski definition) is 6. The van der Waals surface area contributed by atoms with Gasteiger partial charge in [-0.05, 0) is 35.9 Å². The van der Waals surface area contributed by atoms with Crippen LogP contribution >= 0.6 is 11.3 Å². The molecule has 0 atom stereocenters. The average molecular weight is 414 g/mol. The van der Waals surface area contributed by atoms with Crippen molar-refractivity contribution in [3.63, 3.8) is 0 Å². The highest BCUT2D eigenvalue weighted by Crippen LogP contribution is 2.20. The molecule has 0 unspecified atom stereocenters. The lowest BCUT2D eigenvalue weighted by Crippen LogP contribution is -2.19. The van der Waals surface area contributed by atoms with E-state index in [-0.39, 0.29) is 12.3 Å². The number of carbonyl (C=O) groups excluding carboxylic acids is 2. The molecule has 0 radical (unpaired) electrons. The minimum Gasteiger partial charge on any atom is -0.497 e. The smallest absolute Gasteiger partial charge is 0.337 e. The SMILES string of the molecule is COCCn1c(=NC(=O)Cc2cccc(OC)c2)sc2cc(C(=O)OC)ccc21. The van der Waals surface area contributed by atoms with E-state index in [2.05, 4.69) is 4.99 Å². The highest BCUT2D eigenvalue weighted by Gasteiger charge is 2.12. The maximum Gasteiger partial charge on any atom is 0.337 e. The molecule has 0 N–H and O–H groups in total. The second kappa shape index (κ2) is 9.49. The molecule has 1 heterocycles. The maximum atomic E-state index is 12.6. The molecular weight excluding hydrogens is 392 g/mol. The van der Waals surface area contributed by atoms with E-state index >= 15 is 0 Å². The van der Waals surface area contributed by atoms with Crippen molar-refractivity contribution in [3.05, 3.63) is 58.4 Å². The van der Waals surface area contributed by atoms with Crippen molar-refractivity contribution in [2.75, 3.05) is 27.9 Å². The van der Waals surface area contributed by atoms with Gasteiger partial charge in [-0.25, -0.2) is 4.79 Å². The van der Waals surface area contributed by atoms with Gasteiger partial charge in [0, 0.05) is 13.7 Å². The minimum atomic E-state index is -0.406. The predicted molar refractivity (Wildman–Crippen MR) is 110 cm³/mol. The van der Waals surface area contributed by atoms with Gasteiger partial charge in [0.25, 0.3) is 5.91 Å². The molecule has 152 valence electrons. The second-order valence-corrected chi connectivity index (χ2v) is 7.25. The maximum absolute atomic E-state index is 12.6. The van der Waals surface area contributed by atoms with E-state index in [1.165, 1.54) is 18.4 Å². The summed E-state index contributed by atoms with van der Waals surface area (Å²) >= 11 is 1.35. The van der Waals surface area contributed by atoms with E-state index < -0.39 is 5.97 Å². The van der Waals surface area contributed by atoms with E-state index in [9.17, 15) is 9.59 Å². The van der Waals surface area contributed by atoms with Crippen LogP contribution in [0.5, 0.6) is 5.75 Å². The zero-order chi connectivity index (χ0) is 20.8. The Morgan fingerprint density at radius 1 is 1.10 bits per heavy atom. The molecule has 7 nitrogen and oxygen atoms in total. The van der Waals surface area contributed by atoms with Crippen molar-refractivity contribution >= 4 is 33.4 Å². The Morgan fingerprint density at radius 2 is 1.93 bits per heavy atom. The molecular formula is C21H22N2O5S. The molecule has 0 bridgehead atoms. The Morgan fingerprint density at radius 3 is 2.66 bits per heavy atom. The van der Waals surface area contributed by atoms with Crippen LogP contribution in [-0.2, 0) is 27.2 Å². The summed E-state index contributed by atoms with van der Waals surface area (Å²) in [5.41, 5.74) is 2.16. The lowest BCUT2D eigenvalue weighted by atomic mass is 10.1. The third-order valence-electron chi connectivity index (χ3n) is 4.33. The number of ether oxygens (including phenoxy) is 3. The van der Waals surface area contributed by atoms with Gasteiger partial charge < -0.3 is 18.8 Å². The molecule has 0 saturated carbocycles. The van der Waals surface area contributed by atoms with Crippen molar-refractivity contribution in [3.8, 4) is 5.75 Å². The summed E-state index contributed by atoms with van der Waals surface area (Å²) < 4.78 is 18.0. The van der Waals surface area contributed by atoms with Crippen LogP contribution in [0, 0.1) is 0 Å². The van der Waals surface area contributed by atoms with Crippen LogP contribution in [0.15, 0.2) is 47.5 Å². The molecule has 0 aliphatic heterocycles. The van der Waals surface area contributed by atoms with Crippen molar-refractivity contribution in [1.29, 1.82) is 0 Å². The molecule has 0 saturated heterocycles. The molecule has 8 heteroatoms. The molecule has 3 aromatic rings. The van der Waals surface area contributed by atoms with Gasteiger partial charge in [0.05, 0.1) is 43.0 Å². The number of amides is 1. The van der Waals surface area contributed by atoms with Gasteiger partial charge in [0.1, 0.15) is 5.75 Å². The van der Waals surface area contributed by atoms with Crippen molar-refractivity contribution < 1.29 is 23.8 Å². The Balaban J connectivity index is 1.98. The normalized spacial score (nSPS) is 11.6. The van der Waals surface area contributed by atoms with Crippen LogP contribution in [0.4, 0.5) is 0 Å². The van der Waals surface area contributed by atoms with Crippen LogP contribution in [0.1, 0.15) is 15.9 Å². The van der Waals surface area contributed by atoms with Gasteiger partial charge in [-0.1, -0.05) is 23.5 Å². The van der Waals surface area contributed by atoms with Crippen LogP contribution in [0.2, 0.25) is 0 Å². The lowest BCUT2D eigenvalue weighted by Gasteiger charge is -2.05. The number of hydrogen-bond donors (Lipinski definition) is 0. The van der Waals surface area contributed by atoms with Gasteiger partial charge in [0.15, 0.2) is 4.80 Å². The zero-order valence-electron chi connectivity index (χ0n) is 16.5. The quantitative estimate of drug-likeness (QED) is 0.556. The third-order valence-corrected chi connectivity index (χ3v) is 5.37. The van der Waals surface area contributed by atoms with Crippen molar-refractivity contribution in [2.24, 2.45) is 4.99 Å². The Labute approximate surface area is 172 Å². The average Bonchev–Trinajstić information content (AvgIpc) is 3.07. The number of thiazole rings is 1.